The lowest BCUT2D eigenvalue weighted by atomic mass is 9.86. The summed E-state index contributed by atoms with van der Waals surface area (Å²) < 4.78 is 39.6. The first-order valence-electron chi connectivity index (χ1n) is 15.6. The average Bonchev–Trinajstić information content (AvgIpc) is 3.07. The molecular weight excluding hydrogens is 594 g/mol. The monoisotopic (exact) mass is 633 g/mol. The molecule has 4 fully saturated rings. The van der Waals surface area contributed by atoms with Crippen LogP contribution in [-0.4, -0.2) is 73.6 Å². The fourth-order valence-corrected chi connectivity index (χ4v) is 8.01. The lowest BCUT2D eigenvalue weighted by molar-refractivity contribution is -0.142. The van der Waals surface area contributed by atoms with Crippen molar-refractivity contribution in [3.8, 4) is 5.75 Å². The maximum atomic E-state index is 13.1. The molecule has 4 aliphatic heterocycles. The molecule has 238 valence electrons. The Bertz CT molecular complexity index is 1580. The fraction of sp³-hybridized carbons (Fsp3) is 0.412. The number of piperidine rings is 4. The number of nitrogens with zero attached hydrogens (tertiary/aromatic N) is 2. The highest BCUT2D eigenvalue weighted by atomic mass is 32.2. The van der Waals surface area contributed by atoms with Crippen LogP contribution in [0.2, 0.25) is 0 Å². The third-order valence-corrected chi connectivity index (χ3v) is 11.1. The molecule has 0 radical (unpaired) electrons. The first-order valence-corrected chi connectivity index (χ1v) is 17.0. The Morgan fingerprint density at radius 3 is 2.20 bits per heavy atom. The van der Waals surface area contributed by atoms with E-state index in [4.69, 9.17) is 9.47 Å². The predicted octanol–water partition coefficient (Wildman–Crippen LogP) is 4.66. The van der Waals surface area contributed by atoms with Crippen LogP contribution in [0.25, 0.3) is 0 Å². The van der Waals surface area contributed by atoms with Gasteiger partial charge in [-0.3, -0.25) is 9.69 Å². The molecule has 4 heterocycles. The largest absolute Gasteiger partial charge is 0.489 e. The Hall–Kier alpha value is -3.93. The van der Waals surface area contributed by atoms with Crippen molar-refractivity contribution in [1.29, 1.82) is 0 Å². The fourth-order valence-electron chi connectivity index (χ4n) is 6.54. The zero-order valence-electron chi connectivity index (χ0n) is 25.1. The van der Waals surface area contributed by atoms with Gasteiger partial charge < -0.3 is 19.9 Å². The minimum Gasteiger partial charge on any atom is -0.489 e. The topological polar surface area (TPSA) is 125 Å². The molecule has 7 rings (SSSR count). The molecule has 0 aliphatic carbocycles. The van der Waals surface area contributed by atoms with Gasteiger partial charge in [-0.2, -0.15) is 4.31 Å². The zero-order valence-corrected chi connectivity index (χ0v) is 25.9. The Balaban J connectivity index is 1.10. The zero-order chi connectivity index (χ0) is 31.4. The van der Waals surface area contributed by atoms with E-state index in [0.29, 0.717) is 24.5 Å². The number of benzene rings is 3. The molecule has 2 bridgehead atoms. The van der Waals surface area contributed by atoms with Gasteiger partial charge >= 0.3 is 12.1 Å². The first kappa shape index (κ1) is 31.1. The molecule has 0 aromatic heterocycles. The molecular formula is C34H39N3O7S. The van der Waals surface area contributed by atoms with Gasteiger partial charge in [0.05, 0.1) is 16.9 Å². The second kappa shape index (κ2) is 13.6. The van der Waals surface area contributed by atoms with Crippen molar-refractivity contribution >= 4 is 22.1 Å². The van der Waals surface area contributed by atoms with Gasteiger partial charge in [-0.1, -0.05) is 54.6 Å². The van der Waals surface area contributed by atoms with Crippen LogP contribution in [-0.2, 0) is 26.2 Å². The van der Waals surface area contributed by atoms with Crippen molar-refractivity contribution in [1.82, 2.24) is 14.5 Å². The molecule has 11 heteroatoms. The van der Waals surface area contributed by atoms with Crippen LogP contribution in [0.4, 0.5) is 4.79 Å². The number of carbonyl (C=O) groups excluding carboxylic acids is 1. The maximum Gasteiger partial charge on any atom is 0.408 e. The lowest BCUT2D eigenvalue weighted by Gasteiger charge is -2.43. The standard InChI is InChI=1S/C34H39N3O7S/c38-33(39)27-15-19-37(20-16-27)45(41,42)30-11-9-24(10-12-30)23-43-29-8-4-7-28(21-29)32(26-5-2-1-3-6-26)35-34(40)44-31-22-36-17-13-25(31)14-18-36/h1-12,21,25,27,31-32H,13-20,22-23H2,(H,35,40)(H,38,39)/t31-,32-/m0/s1. The van der Waals surface area contributed by atoms with Gasteiger partial charge in [0, 0.05) is 19.6 Å². The number of amides is 1. The third kappa shape index (κ3) is 7.32. The highest BCUT2D eigenvalue weighted by molar-refractivity contribution is 7.89. The van der Waals surface area contributed by atoms with Gasteiger partial charge in [0.15, 0.2) is 0 Å². The van der Waals surface area contributed by atoms with Gasteiger partial charge in [0.2, 0.25) is 10.0 Å². The number of nitrogens with one attached hydrogen (secondary N) is 1. The lowest BCUT2D eigenvalue weighted by Crippen LogP contribution is -2.52. The molecule has 2 atom stereocenters. The van der Waals surface area contributed by atoms with Crippen LogP contribution in [0.1, 0.15) is 48.4 Å². The highest BCUT2D eigenvalue weighted by Crippen LogP contribution is 2.31. The van der Waals surface area contributed by atoms with Crippen molar-refractivity contribution in [2.75, 3.05) is 32.7 Å². The van der Waals surface area contributed by atoms with Crippen molar-refractivity contribution in [3.05, 3.63) is 95.6 Å². The van der Waals surface area contributed by atoms with E-state index in [1.807, 2.05) is 54.6 Å². The normalized spacial score (nSPS) is 22.8. The van der Waals surface area contributed by atoms with Crippen molar-refractivity contribution in [2.24, 2.45) is 11.8 Å². The molecule has 4 aliphatic rings. The number of aliphatic carboxylic acids is 1. The molecule has 3 aromatic carbocycles. The van der Waals surface area contributed by atoms with Gasteiger partial charge in [-0.05, 0) is 85.6 Å². The summed E-state index contributed by atoms with van der Waals surface area (Å²) in [7, 11) is -3.71. The summed E-state index contributed by atoms with van der Waals surface area (Å²) in [5, 5.41) is 12.3. The Labute approximate surface area is 264 Å². The quantitative estimate of drug-likeness (QED) is 0.330. The van der Waals surface area contributed by atoms with Crippen molar-refractivity contribution in [3.63, 3.8) is 0 Å². The van der Waals surface area contributed by atoms with E-state index in [1.54, 1.807) is 24.3 Å². The van der Waals surface area contributed by atoms with E-state index < -0.39 is 34.0 Å². The number of fused-ring (bicyclic) bond motifs is 3. The summed E-state index contributed by atoms with van der Waals surface area (Å²) in [6.45, 7) is 3.54. The van der Waals surface area contributed by atoms with Crippen LogP contribution in [0.15, 0.2) is 83.8 Å². The van der Waals surface area contributed by atoms with Gasteiger partial charge in [0.1, 0.15) is 18.5 Å². The maximum absolute atomic E-state index is 13.1. The van der Waals surface area contributed by atoms with Crippen molar-refractivity contribution in [2.45, 2.75) is 49.3 Å². The summed E-state index contributed by atoms with van der Waals surface area (Å²) in [5.74, 6) is -0.356. The molecule has 45 heavy (non-hydrogen) atoms. The predicted molar refractivity (Wildman–Crippen MR) is 167 cm³/mol. The average molecular weight is 634 g/mol. The van der Waals surface area contributed by atoms with E-state index in [9.17, 15) is 23.1 Å². The van der Waals surface area contributed by atoms with Crippen LogP contribution < -0.4 is 10.1 Å². The minimum atomic E-state index is -3.71. The van der Waals surface area contributed by atoms with E-state index >= 15 is 0 Å². The van der Waals surface area contributed by atoms with Crippen LogP contribution in [0, 0.1) is 11.8 Å². The molecule has 0 unspecified atom stereocenters. The molecule has 4 saturated heterocycles. The Kier molecular flexibility index (Phi) is 9.39. The van der Waals surface area contributed by atoms with Crippen molar-refractivity contribution < 1.29 is 32.6 Å². The SMILES string of the molecule is O=C(N[C@@H](c1ccccc1)c1cccc(OCc2ccc(S(=O)(=O)N3CCC(C(=O)O)CC3)cc2)c1)O[C@H]1CN2CCC1CC2. The van der Waals surface area contributed by atoms with E-state index in [2.05, 4.69) is 10.2 Å². The highest BCUT2D eigenvalue weighted by Gasteiger charge is 2.37. The second-order valence-electron chi connectivity index (χ2n) is 12.1. The van der Waals surface area contributed by atoms with Crippen LogP contribution in [0.3, 0.4) is 0 Å². The number of carboxylic acids is 1. The number of hydrogen-bond donors (Lipinski definition) is 2. The molecule has 10 nitrogen and oxygen atoms in total. The summed E-state index contributed by atoms with van der Waals surface area (Å²) in [4.78, 5) is 26.9. The van der Waals surface area contributed by atoms with Gasteiger partial charge in [-0.15, -0.1) is 0 Å². The summed E-state index contributed by atoms with van der Waals surface area (Å²) in [5.41, 5.74) is 2.56. The number of alkyl carbamates (subject to hydrolysis) is 1. The number of rotatable bonds is 10. The summed E-state index contributed by atoms with van der Waals surface area (Å²) in [6, 6.07) is 23.4. The van der Waals surface area contributed by atoms with Gasteiger partial charge in [-0.25, -0.2) is 13.2 Å². The number of carbonyl (C=O) groups is 2. The molecule has 3 aromatic rings. The Morgan fingerprint density at radius 2 is 1.56 bits per heavy atom. The second-order valence-corrected chi connectivity index (χ2v) is 14.0. The first-order chi connectivity index (χ1) is 21.8. The Morgan fingerprint density at radius 1 is 0.867 bits per heavy atom. The number of hydrogen-bond acceptors (Lipinski definition) is 7. The summed E-state index contributed by atoms with van der Waals surface area (Å²) in [6.07, 6.45) is 2.21. The number of ether oxygens (including phenoxy) is 2. The molecule has 2 N–H and O–H groups in total. The van der Waals surface area contributed by atoms with E-state index in [-0.39, 0.29) is 30.7 Å². The minimum absolute atomic E-state index is 0.0934. The van der Waals surface area contributed by atoms with Crippen LogP contribution >= 0.6 is 0 Å². The smallest absolute Gasteiger partial charge is 0.408 e. The third-order valence-electron chi connectivity index (χ3n) is 9.21. The van der Waals surface area contributed by atoms with Gasteiger partial charge in [0.25, 0.3) is 0 Å². The van der Waals surface area contributed by atoms with E-state index in [1.165, 1.54) is 4.31 Å². The summed E-state index contributed by atoms with van der Waals surface area (Å²) >= 11 is 0. The number of sulfonamides is 1. The number of carboxylic acid groups (broad SMARTS) is 1. The molecule has 1 amide bonds. The molecule has 0 saturated carbocycles. The molecule has 0 spiro atoms. The van der Waals surface area contributed by atoms with Crippen LogP contribution in [0.5, 0.6) is 5.75 Å². The van der Waals surface area contributed by atoms with E-state index in [0.717, 1.165) is 49.2 Å².